The van der Waals surface area contributed by atoms with Crippen LogP contribution in [0.15, 0.2) is 31.1 Å². The number of nitriles is 1. The zero-order valence-corrected chi connectivity index (χ0v) is 16.2. The lowest BCUT2D eigenvalue weighted by molar-refractivity contribution is -0.141. The first-order valence-electron chi connectivity index (χ1n) is 8.99. The smallest absolute Gasteiger partial charge is 0.267 e. The highest BCUT2D eigenvalue weighted by atomic mass is 19.4. The van der Waals surface area contributed by atoms with Gasteiger partial charge in [-0.05, 0) is 30.4 Å². The Morgan fingerprint density at radius 1 is 1.37 bits per heavy atom. The lowest BCUT2D eigenvalue weighted by Crippen LogP contribution is -2.26. The first-order chi connectivity index (χ1) is 14.0. The molecule has 0 aliphatic heterocycles. The van der Waals surface area contributed by atoms with Gasteiger partial charge < -0.3 is 0 Å². The van der Waals surface area contributed by atoms with Crippen LogP contribution < -0.4 is 0 Å². The average molecular weight is 426 g/mol. The van der Waals surface area contributed by atoms with Crippen LogP contribution in [0.4, 0.5) is 22.0 Å². The number of pyridine rings is 1. The second-order valence-electron chi connectivity index (χ2n) is 6.97. The molecule has 2 heterocycles. The number of aromatic nitrogens is 3. The normalized spacial score (nSPS) is 12.8. The topological polar surface area (TPSA) is 71.6 Å². The molecule has 1 unspecified atom stereocenters. The van der Waals surface area contributed by atoms with Gasteiger partial charge in [0, 0.05) is 18.0 Å². The summed E-state index contributed by atoms with van der Waals surface area (Å²) in [5.41, 5.74) is -4.36. The van der Waals surface area contributed by atoms with Crippen molar-refractivity contribution >= 4 is 5.91 Å². The van der Waals surface area contributed by atoms with Gasteiger partial charge in [0.2, 0.25) is 0 Å². The Morgan fingerprint density at radius 3 is 2.47 bits per heavy atom. The summed E-state index contributed by atoms with van der Waals surface area (Å²) < 4.78 is 69.7. The molecule has 0 saturated heterocycles. The Bertz CT molecular complexity index is 959. The number of hydrogen-bond acceptors (Lipinski definition) is 4. The number of rotatable bonds is 7. The van der Waals surface area contributed by atoms with E-state index in [1.165, 1.54) is 18.3 Å². The molecule has 5 nitrogen and oxygen atoms in total. The van der Waals surface area contributed by atoms with Crippen molar-refractivity contribution in [2.24, 2.45) is 5.92 Å². The van der Waals surface area contributed by atoms with Gasteiger partial charge in [-0.2, -0.15) is 23.5 Å². The molecule has 0 saturated carbocycles. The van der Waals surface area contributed by atoms with Crippen LogP contribution >= 0.6 is 0 Å². The number of allylic oxidation sites excluding steroid dienone is 1. The molecule has 0 aromatic carbocycles. The molecule has 0 bridgehead atoms. The van der Waals surface area contributed by atoms with Crippen molar-refractivity contribution in [1.29, 1.82) is 5.26 Å². The number of nitrogens with zero attached hydrogens (tertiary/aromatic N) is 4. The highest BCUT2D eigenvalue weighted by molar-refractivity contribution is 5.98. The molecule has 0 amide bonds. The largest absolute Gasteiger partial charge is 0.434 e. The fourth-order valence-electron chi connectivity index (χ4n) is 3.18. The quantitative estimate of drug-likeness (QED) is 0.445. The Hall–Kier alpha value is -3.09. The van der Waals surface area contributed by atoms with Crippen molar-refractivity contribution in [2.75, 3.05) is 0 Å². The lowest BCUT2D eigenvalue weighted by atomic mass is 9.84. The van der Waals surface area contributed by atoms with E-state index in [0.717, 1.165) is 6.20 Å². The molecule has 2 rings (SSSR count). The molecule has 0 spiro atoms. The summed E-state index contributed by atoms with van der Waals surface area (Å²) in [7, 11) is 0. The monoisotopic (exact) mass is 426 g/mol. The zero-order valence-electron chi connectivity index (χ0n) is 16.2. The Labute approximate surface area is 169 Å². The van der Waals surface area contributed by atoms with Gasteiger partial charge in [-0.1, -0.05) is 19.9 Å². The molecular formula is C20H19F5N4O. The molecule has 0 aliphatic rings. The Morgan fingerprint density at radius 2 is 2.03 bits per heavy atom. The third kappa shape index (κ3) is 4.72. The molecule has 0 aliphatic carbocycles. The first kappa shape index (κ1) is 23.2. The molecule has 0 fully saturated rings. The summed E-state index contributed by atoms with van der Waals surface area (Å²) >= 11 is 0. The van der Waals surface area contributed by atoms with Crippen LogP contribution in [0, 0.1) is 17.2 Å². The zero-order chi connectivity index (χ0) is 22.6. The van der Waals surface area contributed by atoms with Gasteiger partial charge in [0.25, 0.3) is 12.3 Å². The summed E-state index contributed by atoms with van der Waals surface area (Å²) in [6, 6.07) is 3.17. The van der Waals surface area contributed by atoms with Crippen LogP contribution in [0.1, 0.15) is 65.5 Å². The minimum Gasteiger partial charge on any atom is -0.267 e. The average Bonchev–Trinajstić information content (AvgIpc) is 3.18. The van der Waals surface area contributed by atoms with E-state index in [4.69, 9.17) is 0 Å². The van der Waals surface area contributed by atoms with Crippen LogP contribution in [0.2, 0.25) is 0 Å². The summed E-state index contributed by atoms with van der Waals surface area (Å²) in [6.45, 7) is 6.80. The van der Waals surface area contributed by atoms with E-state index in [1.54, 1.807) is 13.8 Å². The van der Waals surface area contributed by atoms with Crippen molar-refractivity contribution in [3.8, 4) is 6.07 Å². The van der Waals surface area contributed by atoms with E-state index in [-0.39, 0.29) is 29.9 Å². The molecule has 30 heavy (non-hydrogen) atoms. The van der Waals surface area contributed by atoms with E-state index in [1.807, 2.05) is 6.07 Å². The van der Waals surface area contributed by atoms with Gasteiger partial charge in [-0.25, -0.2) is 18.4 Å². The van der Waals surface area contributed by atoms with Crippen molar-refractivity contribution in [3.05, 3.63) is 59.2 Å². The van der Waals surface area contributed by atoms with Gasteiger partial charge in [-0.3, -0.25) is 4.79 Å². The maximum atomic E-state index is 13.8. The maximum Gasteiger partial charge on any atom is 0.434 e. The predicted octanol–water partition coefficient (Wildman–Crippen LogP) is 5.30. The molecule has 2 aromatic heterocycles. The molecule has 1 atom stereocenters. The van der Waals surface area contributed by atoms with Crippen LogP contribution in [0.5, 0.6) is 0 Å². The van der Waals surface area contributed by atoms with Crippen molar-refractivity contribution in [3.63, 3.8) is 0 Å². The standard InChI is InChI=1S/C20H19F5N4O/c1-4-6-12(10-26)14-13(9-11(2)3)15(19(30)29-8-5-7-27-29)17(20(23,24)25)28-16(14)18(21)22/h4-5,7-8,11-12,18H,1,6,9H2,2-3H3. The van der Waals surface area contributed by atoms with E-state index in [2.05, 4.69) is 16.7 Å². The number of carbonyl (C=O) groups excluding carboxylic acids is 1. The van der Waals surface area contributed by atoms with Crippen LogP contribution in [0.25, 0.3) is 0 Å². The van der Waals surface area contributed by atoms with Crippen molar-refractivity contribution in [1.82, 2.24) is 14.8 Å². The predicted molar refractivity (Wildman–Crippen MR) is 97.9 cm³/mol. The Balaban J connectivity index is 3.03. The fraction of sp³-hybridized carbons (Fsp3) is 0.400. The van der Waals surface area contributed by atoms with Gasteiger partial charge >= 0.3 is 6.18 Å². The van der Waals surface area contributed by atoms with Crippen molar-refractivity contribution < 1.29 is 26.7 Å². The minimum absolute atomic E-state index is 0.0935. The van der Waals surface area contributed by atoms with Crippen LogP contribution in [0.3, 0.4) is 0 Å². The van der Waals surface area contributed by atoms with E-state index < -0.39 is 41.4 Å². The summed E-state index contributed by atoms with van der Waals surface area (Å²) in [5.74, 6) is -2.70. The van der Waals surface area contributed by atoms with Crippen LogP contribution in [-0.2, 0) is 12.6 Å². The van der Waals surface area contributed by atoms with E-state index in [0.29, 0.717) is 4.68 Å². The first-order valence-corrected chi connectivity index (χ1v) is 8.99. The van der Waals surface area contributed by atoms with E-state index in [9.17, 15) is 32.0 Å². The lowest BCUT2D eigenvalue weighted by Gasteiger charge is -2.24. The highest BCUT2D eigenvalue weighted by Crippen LogP contribution is 2.41. The second-order valence-corrected chi connectivity index (χ2v) is 6.97. The highest BCUT2D eigenvalue weighted by Gasteiger charge is 2.42. The molecule has 10 heteroatoms. The van der Waals surface area contributed by atoms with Gasteiger partial charge in [0.1, 0.15) is 5.69 Å². The molecular weight excluding hydrogens is 407 g/mol. The second kappa shape index (κ2) is 9.15. The number of alkyl halides is 5. The summed E-state index contributed by atoms with van der Waals surface area (Å²) in [5, 5.41) is 13.2. The number of halogens is 5. The number of carbonyl (C=O) groups is 1. The summed E-state index contributed by atoms with van der Waals surface area (Å²) in [6.07, 6.45) is -5.14. The third-order valence-electron chi connectivity index (χ3n) is 4.29. The third-order valence-corrected chi connectivity index (χ3v) is 4.29. The number of hydrogen-bond donors (Lipinski definition) is 0. The van der Waals surface area contributed by atoms with Gasteiger partial charge in [0.15, 0.2) is 5.69 Å². The van der Waals surface area contributed by atoms with Gasteiger partial charge in [0.05, 0.1) is 17.6 Å². The van der Waals surface area contributed by atoms with E-state index >= 15 is 0 Å². The Kier molecular flexibility index (Phi) is 7.08. The fourth-order valence-corrected chi connectivity index (χ4v) is 3.18. The SMILES string of the molecule is C=CCC(C#N)c1c(C(F)F)nc(C(F)(F)F)c(C(=O)n2cccn2)c1CC(C)C. The molecule has 2 aromatic rings. The molecule has 160 valence electrons. The minimum atomic E-state index is -5.17. The maximum absolute atomic E-state index is 13.8. The molecule has 0 radical (unpaired) electrons. The van der Waals surface area contributed by atoms with Crippen molar-refractivity contribution in [2.45, 2.75) is 45.2 Å². The van der Waals surface area contributed by atoms with Gasteiger partial charge in [-0.15, -0.1) is 6.58 Å². The summed E-state index contributed by atoms with van der Waals surface area (Å²) in [4.78, 5) is 16.1. The molecule has 0 N–H and O–H groups in total. The van der Waals surface area contributed by atoms with Crippen LogP contribution in [-0.4, -0.2) is 20.7 Å².